The van der Waals surface area contributed by atoms with Gasteiger partial charge in [-0.3, -0.25) is 0 Å². The number of aliphatic hydroxyl groups excluding tert-OH is 1. The summed E-state index contributed by atoms with van der Waals surface area (Å²) in [5.74, 6) is -2.61. The van der Waals surface area contributed by atoms with Crippen LogP contribution in [-0.4, -0.2) is 17.6 Å². The van der Waals surface area contributed by atoms with Crippen LogP contribution in [0.2, 0.25) is 0 Å². The summed E-state index contributed by atoms with van der Waals surface area (Å²) in [5.41, 5.74) is -0.792. The Morgan fingerprint density at radius 1 is 1.33 bits per heavy atom. The average molecular weight is 176 g/mol. The summed E-state index contributed by atoms with van der Waals surface area (Å²) in [6.07, 6.45) is 3.33. The molecule has 0 aromatic carbocycles. The predicted molar refractivity (Wildman–Crippen MR) is 41.0 cm³/mol. The summed E-state index contributed by atoms with van der Waals surface area (Å²) < 4.78 is 26.0. The molecule has 0 bridgehead atoms. The first-order chi connectivity index (χ1) is 5.62. The van der Waals surface area contributed by atoms with Crippen LogP contribution in [0.25, 0.3) is 0 Å². The largest absolute Gasteiger partial charge is 0.396 e. The Morgan fingerprint density at radius 2 is 2.00 bits per heavy atom. The summed E-state index contributed by atoms with van der Waals surface area (Å²) in [4.78, 5) is 0. The molecule has 0 aromatic heterocycles. The quantitative estimate of drug-likeness (QED) is 0.649. The van der Waals surface area contributed by atoms with Crippen molar-refractivity contribution in [2.24, 2.45) is 11.3 Å². The third-order valence-electron chi connectivity index (χ3n) is 3.57. The SMILES string of the molecule is OC[C@@H]1CCCC[C@]12CC2(F)F. The average Bonchev–Trinajstić information content (AvgIpc) is 2.55. The zero-order chi connectivity index (χ0) is 8.82. The normalized spacial score (nSPS) is 44.8. The number of alkyl halides is 2. The summed E-state index contributed by atoms with van der Waals surface area (Å²) in [7, 11) is 0. The molecule has 0 radical (unpaired) electrons. The first-order valence-electron chi connectivity index (χ1n) is 4.61. The van der Waals surface area contributed by atoms with E-state index >= 15 is 0 Å². The highest BCUT2D eigenvalue weighted by Crippen LogP contribution is 2.69. The highest BCUT2D eigenvalue weighted by atomic mass is 19.3. The highest BCUT2D eigenvalue weighted by molar-refractivity contribution is 5.14. The van der Waals surface area contributed by atoms with Crippen molar-refractivity contribution < 1.29 is 13.9 Å². The lowest BCUT2D eigenvalue weighted by atomic mass is 9.76. The van der Waals surface area contributed by atoms with Crippen molar-refractivity contribution >= 4 is 0 Å². The van der Waals surface area contributed by atoms with E-state index in [0.717, 1.165) is 19.3 Å². The second-order valence-electron chi connectivity index (χ2n) is 4.16. The number of hydrogen-bond acceptors (Lipinski definition) is 1. The number of rotatable bonds is 1. The summed E-state index contributed by atoms with van der Waals surface area (Å²) >= 11 is 0. The Balaban J connectivity index is 2.13. The van der Waals surface area contributed by atoms with Gasteiger partial charge in [-0.05, 0) is 18.8 Å². The molecular weight excluding hydrogens is 162 g/mol. The van der Waals surface area contributed by atoms with Crippen LogP contribution in [0.3, 0.4) is 0 Å². The lowest BCUT2D eigenvalue weighted by Gasteiger charge is -2.30. The molecule has 2 atom stereocenters. The minimum atomic E-state index is -2.47. The molecule has 0 heterocycles. The molecule has 0 aromatic rings. The molecule has 0 amide bonds. The summed E-state index contributed by atoms with van der Waals surface area (Å²) in [6.45, 7) is -0.0599. The van der Waals surface area contributed by atoms with Gasteiger partial charge in [-0.25, -0.2) is 8.78 Å². The van der Waals surface area contributed by atoms with Gasteiger partial charge in [-0.2, -0.15) is 0 Å². The summed E-state index contributed by atoms with van der Waals surface area (Å²) in [6, 6.07) is 0. The Morgan fingerprint density at radius 3 is 2.42 bits per heavy atom. The lowest BCUT2D eigenvalue weighted by Crippen LogP contribution is -2.29. The molecule has 2 fully saturated rings. The maximum Gasteiger partial charge on any atom is 0.255 e. The lowest BCUT2D eigenvalue weighted by molar-refractivity contribution is 0.000974. The van der Waals surface area contributed by atoms with Crippen molar-refractivity contribution in [3.05, 3.63) is 0 Å². The van der Waals surface area contributed by atoms with E-state index in [0.29, 0.717) is 6.42 Å². The molecule has 1 nitrogen and oxygen atoms in total. The van der Waals surface area contributed by atoms with Gasteiger partial charge in [-0.15, -0.1) is 0 Å². The monoisotopic (exact) mass is 176 g/mol. The number of aliphatic hydroxyl groups is 1. The topological polar surface area (TPSA) is 20.2 Å². The van der Waals surface area contributed by atoms with Gasteiger partial charge in [-0.1, -0.05) is 12.8 Å². The van der Waals surface area contributed by atoms with Gasteiger partial charge in [0.2, 0.25) is 0 Å². The third-order valence-corrected chi connectivity index (χ3v) is 3.57. The van der Waals surface area contributed by atoms with Crippen LogP contribution in [0.4, 0.5) is 8.78 Å². The number of halogens is 2. The zero-order valence-corrected chi connectivity index (χ0v) is 7.02. The van der Waals surface area contributed by atoms with Crippen LogP contribution in [-0.2, 0) is 0 Å². The molecule has 2 saturated carbocycles. The fourth-order valence-electron chi connectivity index (χ4n) is 2.64. The van der Waals surface area contributed by atoms with E-state index in [-0.39, 0.29) is 18.9 Å². The van der Waals surface area contributed by atoms with E-state index in [1.807, 2.05) is 0 Å². The van der Waals surface area contributed by atoms with Crippen LogP contribution in [0.1, 0.15) is 32.1 Å². The van der Waals surface area contributed by atoms with Gasteiger partial charge in [0, 0.05) is 18.4 Å². The molecule has 12 heavy (non-hydrogen) atoms. The van der Waals surface area contributed by atoms with Gasteiger partial charge in [0.1, 0.15) is 0 Å². The molecule has 2 aliphatic rings. The second kappa shape index (κ2) is 2.41. The molecule has 1 spiro atoms. The van der Waals surface area contributed by atoms with E-state index in [9.17, 15) is 8.78 Å². The fraction of sp³-hybridized carbons (Fsp3) is 1.00. The van der Waals surface area contributed by atoms with Gasteiger partial charge in [0.15, 0.2) is 0 Å². The van der Waals surface area contributed by atoms with E-state index in [4.69, 9.17) is 5.11 Å². The molecule has 0 saturated heterocycles. The van der Waals surface area contributed by atoms with E-state index in [2.05, 4.69) is 0 Å². The summed E-state index contributed by atoms with van der Waals surface area (Å²) in [5, 5.41) is 8.97. The van der Waals surface area contributed by atoms with Gasteiger partial charge >= 0.3 is 0 Å². The van der Waals surface area contributed by atoms with Crippen molar-refractivity contribution in [1.29, 1.82) is 0 Å². The molecular formula is C9H14F2O. The third kappa shape index (κ3) is 0.920. The number of hydrogen-bond donors (Lipinski definition) is 1. The maximum atomic E-state index is 13.0. The highest BCUT2D eigenvalue weighted by Gasteiger charge is 2.73. The van der Waals surface area contributed by atoms with Crippen LogP contribution in [0.5, 0.6) is 0 Å². The predicted octanol–water partition coefficient (Wildman–Crippen LogP) is 2.19. The van der Waals surface area contributed by atoms with Crippen molar-refractivity contribution in [1.82, 2.24) is 0 Å². The molecule has 70 valence electrons. The smallest absolute Gasteiger partial charge is 0.255 e. The standard InChI is InChI=1S/C9H14F2O/c10-9(11)6-8(9)4-2-1-3-7(8)5-12/h7,12H,1-6H2/t7-,8-/m0/s1. The van der Waals surface area contributed by atoms with Gasteiger partial charge in [0.05, 0.1) is 0 Å². The van der Waals surface area contributed by atoms with Crippen LogP contribution >= 0.6 is 0 Å². The zero-order valence-electron chi connectivity index (χ0n) is 7.02. The minimum absolute atomic E-state index is 0.0191. The Hall–Kier alpha value is -0.180. The maximum absolute atomic E-state index is 13.0. The van der Waals surface area contributed by atoms with Crippen molar-refractivity contribution in [3.8, 4) is 0 Å². The molecule has 2 aliphatic carbocycles. The van der Waals surface area contributed by atoms with Crippen molar-refractivity contribution in [2.45, 2.75) is 38.0 Å². The van der Waals surface area contributed by atoms with Crippen LogP contribution in [0, 0.1) is 11.3 Å². The molecule has 0 unspecified atom stereocenters. The van der Waals surface area contributed by atoms with Crippen molar-refractivity contribution in [2.75, 3.05) is 6.61 Å². The van der Waals surface area contributed by atoms with Gasteiger partial charge in [0.25, 0.3) is 5.92 Å². The molecule has 0 aliphatic heterocycles. The molecule has 1 N–H and O–H groups in total. The van der Waals surface area contributed by atoms with E-state index < -0.39 is 11.3 Å². The first-order valence-corrected chi connectivity index (χ1v) is 4.61. The van der Waals surface area contributed by atoms with Gasteiger partial charge < -0.3 is 5.11 Å². The first kappa shape index (κ1) is 8.42. The van der Waals surface area contributed by atoms with E-state index in [1.165, 1.54) is 0 Å². The Labute approximate surface area is 70.8 Å². The van der Waals surface area contributed by atoms with Crippen LogP contribution in [0.15, 0.2) is 0 Å². The van der Waals surface area contributed by atoms with E-state index in [1.54, 1.807) is 0 Å². The molecule has 3 heteroatoms. The fourth-order valence-corrected chi connectivity index (χ4v) is 2.64. The van der Waals surface area contributed by atoms with Crippen LogP contribution < -0.4 is 0 Å². The Kier molecular flexibility index (Phi) is 1.69. The van der Waals surface area contributed by atoms with Crippen molar-refractivity contribution in [3.63, 3.8) is 0 Å². The molecule has 2 rings (SSSR count). The second-order valence-corrected chi connectivity index (χ2v) is 4.16. The Bertz CT molecular complexity index is 193. The minimum Gasteiger partial charge on any atom is -0.396 e.